The Labute approximate surface area is 76.7 Å². The first-order chi connectivity index (χ1) is 5.72. The molecule has 2 N–H and O–H groups in total. The fourth-order valence-electron chi connectivity index (χ4n) is 2.40. The molecule has 1 heteroatoms. The first-order valence-electron chi connectivity index (χ1n) is 5.48. The maximum absolute atomic E-state index is 6.06. The van der Waals surface area contributed by atoms with Crippen LogP contribution in [0.15, 0.2) is 0 Å². The van der Waals surface area contributed by atoms with Crippen molar-refractivity contribution in [3.8, 4) is 0 Å². The van der Waals surface area contributed by atoms with Gasteiger partial charge in [0, 0.05) is 6.04 Å². The number of hydrogen-bond donors (Lipinski definition) is 1. The van der Waals surface area contributed by atoms with Crippen LogP contribution in [0.25, 0.3) is 0 Å². The lowest BCUT2D eigenvalue weighted by atomic mass is 9.83. The van der Waals surface area contributed by atoms with Gasteiger partial charge in [-0.3, -0.25) is 0 Å². The summed E-state index contributed by atoms with van der Waals surface area (Å²) in [6.07, 6.45) is 8.06. The average molecular weight is 169 g/mol. The molecule has 0 spiro atoms. The van der Waals surface area contributed by atoms with Crippen molar-refractivity contribution in [3.63, 3.8) is 0 Å². The Balaban J connectivity index is 2.37. The first kappa shape index (κ1) is 10.0. The summed E-state index contributed by atoms with van der Waals surface area (Å²) in [5.74, 6) is 1.77. The number of nitrogens with two attached hydrogens (primary N) is 1. The highest BCUT2D eigenvalue weighted by Crippen LogP contribution is 2.26. The summed E-state index contributed by atoms with van der Waals surface area (Å²) in [5.41, 5.74) is 6.06. The molecule has 0 aromatic heterocycles. The van der Waals surface area contributed by atoms with Gasteiger partial charge in [-0.1, -0.05) is 39.5 Å². The van der Waals surface area contributed by atoms with Crippen molar-refractivity contribution in [2.24, 2.45) is 17.6 Å². The molecule has 2 unspecified atom stereocenters. The molecule has 0 saturated heterocycles. The topological polar surface area (TPSA) is 26.0 Å². The third-order valence-corrected chi connectivity index (χ3v) is 3.23. The standard InChI is InChI=1S/C11H23N/c1-3-10-6-4-5-9(2)7-11(12)8-10/h9-11H,3-8,12H2,1-2H3/t9?,10?,11-/m1/s1. The highest BCUT2D eigenvalue weighted by molar-refractivity contribution is 4.74. The van der Waals surface area contributed by atoms with Gasteiger partial charge >= 0.3 is 0 Å². The van der Waals surface area contributed by atoms with Gasteiger partial charge in [-0.2, -0.15) is 0 Å². The van der Waals surface area contributed by atoms with E-state index in [0.29, 0.717) is 6.04 Å². The monoisotopic (exact) mass is 169 g/mol. The molecule has 3 atom stereocenters. The summed E-state index contributed by atoms with van der Waals surface area (Å²) in [7, 11) is 0. The van der Waals surface area contributed by atoms with Crippen LogP contribution in [0.3, 0.4) is 0 Å². The van der Waals surface area contributed by atoms with Gasteiger partial charge < -0.3 is 5.73 Å². The lowest BCUT2D eigenvalue weighted by Gasteiger charge is -2.26. The second-order valence-electron chi connectivity index (χ2n) is 4.54. The maximum Gasteiger partial charge on any atom is 0.00440 e. The minimum Gasteiger partial charge on any atom is -0.328 e. The van der Waals surface area contributed by atoms with Crippen LogP contribution >= 0.6 is 0 Å². The van der Waals surface area contributed by atoms with E-state index in [2.05, 4.69) is 13.8 Å². The van der Waals surface area contributed by atoms with E-state index in [1.54, 1.807) is 0 Å². The molecule has 1 aliphatic carbocycles. The van der Waals surface area contributed by atoms with Crippen LogP contribution in [0.2, 0.25) is 0 Å². The lowest BCUT2D eigenvalue weighted by Crippen LogP contribution is -2.27. The Morgan fingerprint density at radius 3 is 2.67 bits per heavy atom. The van der Waals surface area contributed by atoms with Gasteiger partial charge in [-0.25, -0.2) is 0 Å². The molecule has 72 valence electrons. The molecule has 0 aliphatic heterocycles. The number of hydrogen-bond acceptors (Lipinski definition) is 1. The predicted octanol–water partition coefficient (Wildman–Crippen LogP) is 2.94. The normalized spacial score (nSPS) is 38.8. The molecule has 0 amide bonds. The van der Waals surface area contributed by atoms with Crippen molar-refractivity contribution in [3.05, 3.63) is 0 Å². The van der Waals surface area contributed by atoms with E-state index in [9.17, 15) is 0 Å². The van der Waals surface area contributed by atoms with Crippen LogP contribution < -0.4 is 5.73 Å². The van der Waals surface area contributed by atoms with E-state index >= 15 is 0 Å². The quantitative estimate of drug-likeness (QED) is 0.641. The van der Waals surface area contributed by atoms with Gasteiger partial charge in [0.05, 0.1) is 0 Å². The van der Waals surface area contributed by atoms with Gasteiger partial charge in [0.15, 0.2) is 0 Å². The summed E-state index contributed by atoms with van der Waals surface area (Å²) < 4.78 is 0. The average Bonchev–Trinajstić information content (AvgIpc) is 1.99. The molecule has 0 aromatic carbocycles. The van der Waals surface area contributed by atoms with E-state index in [0.717, 1.165) is 11.8 Å². The predicted molar refractivity (Wildman–Crippen MR) is 54.0 cm³/mol. The van der Waals surface area contributed by atoms with Crippen molar-refractivity contribution in [1.29, 1.82) is 0 Å². The van der Waals surface area contributed by atoms with Crippen molar-refractivity contribution in [2.75, 3.05) is 0 Å². The Morgan fingerprint density at radius 1 is 1.25 bits per heavy atom. The Bertz CT molecular complexity index is 122. The molecule has 12 heavy (non-hydrogen) atoms. The van der Waals surface area contributed by atoms with Crippen molar-refractivity contribution in [2.45, 2.75) is 58.4 Å². The second-order valence-corrected chi connectivity index (χ2v) is 4.54. The summed E-state index contributed by atoms with van der Waals surface area (Å²) in [6.45, 7) is 4.63. The summed E-state index contributed by atoms with van der Waals surface area (Å²) in [5, 5.41) is 0. The van der Waals surface area contributed by atoms with E-state index in [-0.39, 0.29) is 0 Å². The molecule has 0 bridgehead atoms. The van der Waals surface area contributed by atoms with E-state index in [1.165, 1.54) is 38.5 Å². The maximum atomic E-state index is 6.06. The summed E-state index contributed by atoms with van der Waals surface area (Å²) in [6, 6.07) is 0.477. The molecule has 1 aliphatic rings. The third-order valence-electron chi connectivity index (χ3n) is 3.23. The fraction of sp³-hybridized carbons (Fsp3) is 1.00. The third kappa shape index (κ3) is 3.14. The molecular formula is C11H23N. The molecule has 1 fully saturated rings. The van der Waals surface area contributed by atoms with Gasteiger partial charge in [0.2, 0.25) is 0 Å². The largest absolute Gasteiger partial charge is 0.328 e. The fourth-order valence-corrected chi connectivity index (χ4v) is 2.40. The zero-order chi connectivity index (χ0) is 8.97. The van der Waals surface area contributed by atoms with Gasteiger partial charge in [-0.05, 0) is 24.7 Å². The van der Waals surface area contributed by atoms with Crippen LogP contribution in [0, 0.1) is 11.8 Å². The highest BCUT2D eigenvalue weighted by Gasteiger charge is 2.17. The first-order valence-corrected chi connectivity index (χ1v) is 5.48. The Hall–Kier alpha value is -0.0400. The molecule has 1 nitrogen and oxygen atoms in total. The van der Waals surface area contributed by atoms with Crippen molar-refractivity contribution in [1.82, 2.24) is 0 Å². The van der Waals surface area contributed by atoms with Crippen LogP contribution in [0.1, 0.15) is 52.4 Å². The van der Waals surface area contributed by atoms with Crippen LogP contribution in [-0.4, -0.2) is 6.04 Å². The van der Waals surface area contributed by atoms with Crippen molar-refractivity contribution < 1.29 is 0 Å². The zero-order valence-electron chi connectivity index (χ0n) is 8.55. The molecule has 0 aromatic rings. The van der Waals surface area contributed by atoms with Crippen LogP contribution in [-0.2, 0) is 0 Å². The second kappa shape index (κ2) is 4.86. The van der Waals surface area contributed by atoms with E-state index < -0.39 is 0 Å². The minimum absolute atomic E-state index is 0.477. The molecule has 1 rings (SSSR count). The molecule has 0 heterocycles. The SMILES string of the molecule is CCC1CCCC(C)C[C@@H](N)C1. The van der Waals surface area contributed by atoms with Gasteiger partial charge in [0.25, 0.3) is 0 Å². The smallest absolute Gasteiger partial charge is 0.00440 e. The van der Waals surface area contributed by atoms with Crippen LogP contribution in [0.4, 0.5) is 0 Å². The van der Waals surface area contributed by atoms with Gasteiger partial charge in [0.1, 0.15) is 0 Å². The summed E-state index contributed by atoms with van der Waals surface area (Å²) in [4.78, 5) is 0. The Morgan fingerprint density at radius 2 is 2.00 bits per heavy atom. The van der Waals surface area contributed by atoms with Crippen molar-refractivity contribution >= 4 is 0 Å². The zero-order valence-corrected chi connectivity index (χ0v) is 8.55. The Kier molecular flexibility index (Phi) is 4.07. The van der Waals surface area contributed by atoms with Gasteiger partial charge in [-0.15, -0.1) is 0 Å². The summed E-state index contributed by atoms with van der Waals surface area (Å²) >= 11 is 0. The lowest BCUT2D eigenvalue weighted by molar-refractivity contribution is 0.296. The van der Waals surface area contributed by atoms with E-state index in [4.69, 9.17) is 5.73 Å². The molecule has 0 radical (unpaired) electrons. The highest BCUT2D eigenvalue weighted by atomic mass is 14.6. The minimum atomic E-state index is 0.477. The molecule has 1 saturated carbocycles. The van der Waals surface area contributed by atoms with E-state index in [1.807, 2.05) is 0 Å². The number of rotatable bonds is 1. The molecular weight excluding hydrogens is 146 g/mol. The van der Waals surface area contributed by atoms with Crippen LogP contribution in [0.5, 0.6) is 0 Å².